The first-order valence-corrected chi connectivity index (χ1v) is 10.7. The molecule has 6 nitrogen and oxygen atoms in total. The van der Waals surface area contributed by atoms with Crippen molar-refractivity contribution in [1.82, 2.24) is 0 Å². The van der Waals surface area contributed by atoms with Crippen LogP contribution in [0.4, 0.5) is 0 Å². The standard InChI is InChI=1S/2CH5AsO3.Ca.2H/c2*1-2(3,4)5;;;/h2*1H3,(H2,3,4,5);;;/q;;+2;2*-1. The Kier molecular flexibility index (Phi) is 12.2. The monoisotopic (exact) mass is 322 g/mol. The van der Waals surface area contributed by atoms with Crippen LogP contribution in [-0.2, 0) is 7.48 Å². The van der Waals surface area contributed by atoms with Crippen molar-refractivity contribution in [1.29, 1.82) is 0 Å². The molecular weight excluding hydrogens is 310 g/mol. The summed E-state index contributed by atoms with van der Waals surface area (Å²) in [6.45, 7) is 0. The van der Waals surface area contributed by atoms with E-state index >= 15 is 0 Å². The van der Waals surface area contributed by atoms with Crippen molar-refractivity contribution in [3.05, 3.63) is 0 Å². The zero-order chi connectivity index (χ0) is 9.00. The fourth-order valence-electron chi connectivity index (χ4n) is 0. The fraction of sp³-hybridized carbons (Fsp3) is 1.00. The van der Waals surface area contributed by atoms with Crippen LogP contribution in [0.25, 0.3) is 0 Å². The Labute approximate surface area is 103 Å². The van der Waals surface area contributed by atoms with Crippen molar-refractivity contribution in [2.75, 3.05) is 0 Å². The predicted molar refractivity (Wildman–Crippen MR) is 41.5 cm³/mol. The molecule has 9 heteroatoms. The molecule has 0 unspecified atom stereocenters. The predicted octanol–water partition coefficient (Wildman–Crippen LogP) is -2.22. The fourth-order valence-corrected chi connectivity index (χ4v) is 0. The van der Waals surface area contributed by atoms with Crippen molar-refractivity contribution >= 4 is 66.1 Å². The van der Waals surface area contributed by atoms with Crippen molar-refractivity contribution in [2.45, 2.75) is 11.4 Å². The van der Waals surface area contributed by atoms with E-state index in [9.17, 15) is 7.48 Å². The van der Waals surface area contributed by atoms with E-state index in [1.54, 1.807) is 0 Å². The molecular formula is C2H12As2CaO6. The van der Waals surface area contributed by atoms with Gasteiger partial charge in [-0.2, -0.15) is 0 Å². The van der Waals surface area contributed by atoms with E-state index < -0.39 is 28.3 Å². The normalized spacial score (nSPS) is 10.7. The molecule has 68 valence electrons. The summed E-state index contributed by atoms with van der Waals surface area (Å²) in [6.07, 6.45) is 0. The second-order valence-corrected chi connectivity index (χ2v) is 8.68. The molecule has 0 spiro atoms. The molecule has 0 aliphatic carbocycles. The smallest absolute Gasteiger partial charge is 1.00 e. The van der Waals surface area contributed by atoms with Gasteiger partial charge in [0.05, 0.1) is 0 Å². The molecule has 0 amide bonds. The Hall–Kier alpha value is 1.82. The SMILES string of the molecule is C[As](=O)(O)O.C[As](=O)(O)O.[Ca+2].[H-].[H-]. The third-order valence-corrected chi connectivity index (χ3v) is 0. The molecule has 4 N–H and O–H groups in total. The molecule has 0 saturated carbocycles. The van der Waals surface area contributed by atoms with E-state index in [4.69, 9.17) is 16.4 Å². The van der Waals surface area contributed by atoms with E-state index in [-0.39, 0.29) is 40.6 Å². The molecule has 0 heterocycles. The van der Waals surface area contributed by atoms with Gasteiger partial charge in [-0.15, -0.1) is 0 Å². The molecule has 0 atom stereocenters. The maximum Gasteiger partial charge on any atom is 2.00 e. The summed E-state index contributed by atoms with van der Waals surface area (Å²) in [4.78, 5) is 0. The molecule has 0 rings (SSSR count). The molecule has 0 aromatic carbocycles. The zero-order valence-corrected chi connectivity index (χ0v) is 12.2. The van der Waals surface area contributed by atoms with E-state index in [1.165, 1.54) is 0 Å². The van der Waals surface area contributed by atoms with Gasteiger partial charge < -0.3 is 2.85 Å². The van der Waals surface area contributed by atoms with E-state index in [0.717, 1.165) is 11.4 Å². The largest absolute Gasteiger partial charge is 2.00 e. The summed E-state index contributed by atoms with van der Waals surface area (Å²) < 4.78 is 49.5. The molecule has 0 radical (unpaired) electrons. The molecule has 0 aromatic rings. The Morgan fingerprint density at radius 3 is 0.909 bits per heavy atom. The quantitative estimate of drug-likeness (QED) is 0.376. The van der Waals surface area contributed by atoms with Crippen LogP contribution in [-0.4, -0.2) is 82.5 Å². The van der Waals surface area contributed by atoms with Gasteiger partial charge in [0.2, 0.25) is 0 Å². The summed E-state index contributed by atoms with van der Waals surface area (Å²) >= 11 is -8.25. The Morgan fingerprint density at radius 2 is 0.909 bits per heavy atom. The van der Waals surface area contributed by atoms with Crippen LogP contribution in [0.3, 0.4) is 0 Å². The van der Waals surface area contributed by atoms with Crippen molar-refractivity contribution in [2.24, 2.45) is 0 Å². The number of hydrogen-bond acceptors (Lipinski definition) is 2. The van der Waals surface area contributed by atoms with Crippen LogP contribution in [0.1, 0.15) is 2.85 Å². The van der Waals surface area contributed by atoms with Gasteiger partial charge in [0, 0.05) is 0 Å². The van der Waals surface area contributed by atoms with Crippen molar-refractivity contribution in [3.63, 3.8) is 0 Å². The first-order chi connectivity index (χ1) is 4.00. The van der Waals surface area contributed by atoms with Crippen LogP contribution in [0.2, 0.25) is 11.4 Å². The van der Waals surface area contributed by atoms with E-state index in [1.807, 2.05) is 0 Å². The summed E-state index contributed by atoms with van der Waals surface area (Å²) in [7, 11) is 0. The summed E-state index contributed by atoms with van der Waals surface area (Å²) in [5.74, 6) is 0. The van der Waals surface area contributed by atoms with Gasteiger partial charge in [-0.1, -0.05) is 0 Å². The maximum atomic E-state index is 9.39. The number of rotatable bonds is 0. The van der Waals surface area contributed by atoms with E-state index in [0.29, 0.717) is 0 Å². The molecule has 0 saturated heterocycles. The van der Waals surface area contributed by atoms with Crippen LogP contribution >= 0.6 is 0 Å². The minimum atomic E-state index is -4.12. The minimum absolute atomic E-state index is 0. The van der Waals surface area contributed by atoms with Gasteiger partial charge in [0.25, 0.3) is 0 Å². The van der Waals surface area contributed by atoms with Crippen LogP contribution in [0, 0.1) is 0 Å². The Morgan fingerprint density at radius 1 is 0.909 bits per heavy atom. The average Bonchev–Trinajstić information content (AvgIpc) is 1.12. The van der Waals surface area contributed by atoms with Crippen molar-refractivity contribution in [3.8, 4) is 0 Å². The molecule has 0 bridgehead atoms. The van der Waals surface area contributed by atoms with Gasteiger partial charge in [-0.25, -0.2) is 0 Å². The van der Waals surface area contributed by atoms with Crippen LogP contribution in [0.5, 0.6) is 0 Å². The summed E-state index contributed by atoms with van der Waals surface area (Å²) in [5.41, 5.74) is 1.83. The topological polar surface area (TPSA) is 115 Å². The van der Waals surface area contributed by atoms with Gasteiger partial charge in [-0.05, 0) is 0 Å². The molecule has 0 aromatic heterocycles. The van der Waals surface area contributed by atoms with Gasteiger partial charge >= 0.3 is 101 Å². The third-order valence-electron chi connectivity index (χ3n) is 0. The molecule has 11 heavy (non-hydrogen) atoms. The third kappa shape index (κ3) is 345. The second kappa shape index (κ2) is 7.24. The average molecular weight is 322 g/mol. The Balaban J connectivity index is -0.0000000267. The Bertz CT molecular complexity index is 139. The van der Waals surface area contributed by atoms with Gasteiger partial charge in [0.1, 0.15) is 0 Å². The molecule has 0 aliphatic rings. The second-order valence-electron chi connectivity index (χ2n) is 1.67. The van der Waals surface area contributed by atoms with Crippen LogP contribution in [0.15, 0.2) is 0 Å². The van der Waals surface area contributed by atoms with Crippen molar-refractivity contribution < 1.29 is 26.7 Å². The summed E-state index contributed by atoms with van der Waals surface area (Å²) in [5, 5.41) is 0. The van der Waals surface area contributed by atoms with Gasteiger partial charge in [0.15, 0.2) is 0 Å². The minimum Gasteiger partial charge on any atom is -1.00 e. The summed E-state index contributed by atoms with van der Waals surface area (Å²) in [6, 6.07) is 0. The number of hydrogen-bond donors (Lipinski definition) is 4. The first kappa shape index (κ1) is 18.6. The maximum absolute atomic E-state index is 9.39. The zero-order valence-electron chi connectivity index (χ0n) is 8.21. The van der Waals surface area contributed by atoms with Gasteiger partial charge in [-0.3, -0.25) is 0 Å². The molecule has 0 fully saturated rings. The first-order valence-electron chi connectivity index (χ1n) is 2.06. The van der Waals surface area contributed by atoms with E-state index in [2.05, 4.69) is 0 Å². The molecule has 0 aliphatic heterocycles. The van der Waals surface area contributed by atoms with Crippen LogP contribution < -0.4 is 0 Å².